The molecule has 0 aliphatic heterocycles. The average Bonchev–Trinajstić information content (AvgIpc) is 2.47. The van der Waals surface area contributed by atoms with Gasteiger partial charge in [-0.15, -0.1) is 0 Å². The SMILES string of the molecule is COc1ccc(COc2ncnc(NN)c2Br)cc1. The molecule has 3 N–H and O–H groups in total. The van der Waals surface area contributed by atoms with Gasteiger partial charge in [-0.05, 0) is 33.6 Å². The summed E-state index contributed by atoms with van der Waals surface area (Å²) in [6.07, 6.45) is 1.38. The Hall–Kier alpha value is -1.86. The van der Waals surface area contributed by atoms with E-state index in [1.165, 1.54) is 6.33 Å². The van der Waals surface area contributed by atoms with E-state index in [0.29, 0.717) is 22.8 Å². The number of ether oxygens (including phenoxy) is 2. The molecule has 1 aromatic heterocycles. The van der Waals surface area contributed by atoms with Crippen molar-refractivity contribution in [2.45, 2.75) is 6.61 Å². The van der Waals surface area contributed by atoms with Crippen LogP contribution in [0.5, 0.6) is 11.6 Å². The van der Waals surface area contributed by atoms with Crippen LogP contribution in [0.2, 0.25) is 0 Å². The van der Waals surface area contributed by atoms with Gasteiger partial charge in [0.05, 0.1) is 7.11 Å². The maximum Gasteiger partial charge on any atom is 0.233 e. The van der Waals surface area contributed by atoms with Crippen LogP contribution in [0.25, 0.3) is 0 Å². The molecule has 19 heavy (non-hydrogen) atoms. The molecule has 0 spiro atoms. The summed E-state index contributed by atoms with van der Waals surface area (Å²) >= 11 is 3.33. The molecule has 0 atom stereocenters. The number of aromatic nitrogens is 2. The van der Waals surface area contributed by atoms with Gasteiger partial charge in [0, 0.05) is 0 Å². The Morgan fingerprint density at radius 2 is 2.00 bits per heavy atom. The van der Waals surface area contributed by atoms with Crippen molar-refractivity contribution >= 4 is 21.7 Å². The number of benzene rings is 1. The van der Waals surface area contributed by atoms with Gasteiger partial charge in [-0.1, -0.05) is 12.1 Å². The lowest BCUT2D eigenvalue weighted by molar-refractivity contribution is 0.291. The van der Waals surface area contributed by atoms with E-state index in [2.05, 4.69) is 31.3 Å². The molecule has 1 heterocycles. The number of methoxy groups -OCH3 is 1. The first kappa shape index (κ1) is 13.6. The highest BCUT2D eigenvalue weighted by atomic mass is 79.9. The minimum Gasteiger partial charge on any atom is -0.497 e. The summed E-state index contributed by atoms with van der Waals surface area (Å²) in [5, 5.41) is 0. The maximum absolute atomic E-state index is 5.60. The summed E-state index contributed by atoms with van der Waals surface area (Å²) in [5.74, 6) is 7.03. The Labute approximate surface area is 119 Å². The summed E-state index contributed by atoms with van der Waals surface area (Å²) in [5.41, 5.74) is 3.46. The molecule has 0 amide bonds. The van der Waals surface area contributed by atoms with Gasteiger partial charge >= 0.3 is 0 Å². The van der Waals surface area contributed by atoms with Gasteiger partial charge in [0.25, 0.3) is 0 Å². The Bertz CT molecular complexity index is 548. The molecular formula is C12H13BrN4O2. The van der Waals surface area contributed by atoms with Crippen molar-refractivity contribution in [2.75, 3.05) is 12.5 Å². The molecule has 0 saturated carbocycles. The molecule has 100 valence electrons. The summed E-state index contributed by atoms with van der Waals surface area (Å²) in [7, 11) is 1.63. The van der Waals surface area contributed by atoms with Crippen molar-refractivity contribution in [3.05, 3.63) is 40.6 Å². The van der Waals surface area contributed by atoms with E-state index in [1.54, 1.807) is 7.11 Å². The van der Waals surface area contributed by atoms with E-state index in [0.717, 1.165) is 11.3 Å². The Balaban J connectivity index is 2.05. The van der Waals surface area contributed by atoms with Crippen molar-refractivity contribution in [3.8, 4) is 11.6 Å². The molecule has 1 aromatic carbocycles. The Kier molecular flexibility index (Phi) is 4.53. The second-order valence-electron chi connectivity index (χ2n) is 3.62. The topological polar surface area (TPSA) is 82.3 Å². The van der Waals surface area contributed by atoms with Crippen LogP contribution in [-0.2, 0) is 6.61 Å². The standard InChI is InChI=1S/C12H13BrN4O2/c1-18-9-4-2-8(3-5-9)6-19-12-10(13)11(17-14)15-7-16-12/h2-5,7H,6,14H2,1H3,(H,15,16,17). The third-order valence-electron chi connectivity index (χ3n) is 2.43. The minimum atomic E-state index is 0.392. The number of halogens is 1. The molecule has 0 aliphatic carbocycles. The molecule has 2 rings (SSSR count). The van der Waals surface area contributed by atoms with Gasteiger partial charge in [0.15, 0.2) is 5.82 Å². The Morgan fingerprint density at radius 1 is 1.26 bits per heavy atom. The van der Waals surface area contributed by atoms with Crippen molar-refractivity contribution in [1.29, 1.82) is 0 Å². The first-order valence-electron chi connectivity index (χ1n) is 5.47. The molecular weight excluding hydrogens is 312 g/mol. The predicted octanol–water partition coefficient (Wildman–Crippen LogP) is 2.11. The molecule has 0 radical (unpaired) electrons. The van der Waals surface area contributed by atoms with Gasteiger partial charge in [-0.25, -0.2) is 15.8 Å². The number of nitrogens with two attached hydrogens (primary N) is 1. The van der Waals surface area contributed by atoms with Crippen LogP contribution in [0.4, 0.5) is 5.82 Å². The quantitative estimate of drug-likeness (QED) is 0.647. The van der Waals surface area contributed by atoms with E-state index in [-0.39, 0.29) is 0 Å². The zero-order chi connectivity index (χ0) is 13.7. The van der Waals surface area contributed by atoms with Crippen LogP contribution in [0, 0.1) is 0 Å². The highest BCUT2D eigenvalue weighted by Gasteiger charge is 2.08. The third kappa shape index (κ3) is 3.33. The van der Waals surface area contributed by atoms with Crippen molar-refractivity contribution in [2.24, 2.45) is 5.84 Å². The van der Waals surface area contributed by atoms with Crippen molar-refractivity contribution in [1.82, 2.24) is 9.97 Å². The van der Waals surface area contributed by atoms with Crippen LogP contribution in [0.15, 0.2) is 35.1 Å². The lowest BCUT2D eigenvalue weighted by Crippen LogP contribution is -2.10. The number of nitrogen functional groups attached to an aromatic ring is 1. The number of hydrazine groups is 1. The molecule has 6 nitrogen and oxygen atoms in total. The lowest BCUT2D eigenvalue weighted by Gasteiger charge is -2.09. The molecule has 0 aliphatic rings. The normalized spacial score (nSPS) is 10.1. The number of nitrogens with zero attached hydrogens (tertiary/aromatic N) is 2. The van der Waals surface area contributed by atoms with E-state index >= 15 is 0 Å². The zero-order valence-corrected chi connectivity index (χ0v) is 11.8. The van der Waals surface area contributed by atoms with Crippen LogP contribution in [-0.4, -0.2) is 17.1 Å². The monoisotopic (exact) mass is 324 g/mol. The highest BCUT2D eigenvalue weighted by molar-refractivity contribution is 9.10. The van der Waals surface area contributed by atoms with Gasteiger partial charge < -0.3 is 14.9 Å². The first-order valence-corrected chi connectivity index (χ1v) is 6.26. The molecule has 0 saturated heterocycles. The summed E-state index contributed by atoms with van der Waals surface area (Å²) in [6.45, 7) is 0.392. The van der Waals surface area contributed by atoms with Crippen molar-refractivity contribution in [3.63, 3.8) is 0 Å². The van der Waals surface area contributed by atoms with Crippen LogP contribution >= 0.6 is 15.9 Å². The molecule has 0 fully saturated rings. The maximum atomic E-state index is 5.60. The van der Waals surface area contributed by atoms with Crippen LogP contribution in [0.1, 0.15) is 5.56 Å². The first-order chi connectivity index (χ1) is 9.24. The largest absolute Gasteiger partial charge is 0.497 e. The molecule has 0 bridgehead atoms. The van der Waals surface area contributed by atoms with Gasteiger partial charge in [-0.2, -0.15) is 0 Å². The van der Waals surface area contributed by atoms with Gasteiger partial charge in [0.1, 0.15) is 23.2 Å². The third-order valence-corrected chi connectivity index (χ3v) is 3.14. The number of rotatable bonds is 5. The van der Waals surface area contributed by atoms with E-state index in [4.69, 9.17) is 15.3 Å². The second kappa shape index (κ2) is 6.35. The summed E-state index contributed by atoms with van der Waals surface area (Å²) in [4.78, 5) is 7.98. The van der Waals surface area contributed by atoms with E-state index in [9.17, 15) is 0 Å². The fourth-order valence-corrected chi connectivity index (χ4v) is 1.86. The lowest BCUT2D eigenvalue weighted by atomic mass is 10.2. The van der Waals surface area contributed by atoms with Crippen LogP contribution < -0.4 is 20.7 Å². The fourth-order valence-electron chi connectivity index (χ4n) is 1.43. The number of hydrogen-bond acceptors (Lipinski definition) is 6. The molecule has 7 heteroatoms. The van der Waals surface area contributed by atoms with Gasteiger partial charge in [0.2, 0.25) is 5.88 Å². The molecule has 2 aromatic rings. The second-order valence-corrected chi connectivity index (χ2v) is 4.42. The van der Waals surface area contributed by atoms with E-state index < -0.39 is 0 Å². The van der Waals surface area contributed by atoms with E-state index in [1.807, 2.05) is 24.3 Å². The smallest absolute Gasteiger partial charge is 0.233 e. The number of anilines is 1. The zero-order valence-electron chi connectivity index (χ0n) is 10.3. The summed E-state index contributed by atoms with van der Waals surface area (Å²) in [6, 6.07) is 7.60. The fraction of sp³-hybridized carbons (Fsp3) is 0.167. The predicted molar refractivity (Wildman–Crippen MR) is 74.9 cm³/mol. The number of nitrogens with one attached hydrogen (secondary N) is 1. The van der Waals surface area contributed by atoms with Crippen LogP contribution in [0.3, 0.4) is 0 Å². The Morgan fingerprint density at radius 3 is 2.63 bits per heavy atom. The average molecular weight is 325 g/mol. The summed E-state index contributed by atoms with van der Waals surface area (Å²) < 4.78 is 11.3. The minimum absolute atomic E-state index is 0.392. The molecule has 0 unspecified atom stereocenters. The number of hydrogen-bond donors (Lipinski definition) is 2. The van der Waals surface area contributed by atoms with Crippen molar-refractivity contribution < 1.29 is 9.47 Å². The van der Waals surface area contributed by atoms with Gasteiger partial charge in [-0.3, -0.25) is 0 Å². The highest BCUT2D eigenvalue weighted by Crippen LogP contribution is 2.28.